The van der Waals surface area contributed by atoms with E-state index in [4.69, 9.17) is 19.9 Å². The van der Waals surface area contributed by atoms with Gasteiger partial charge in [0.1, 0.15) is 23.5 Å². The van der Waals surface area contributed by atoms with Gasteiger partial charge in [-0.3, -0.25) is 15.3 Å². The van der Waals surface area contributed by atoms with Gasteiger partial charge in [-0.2, -0.15) is 0 Å². The number of quaternary nitrogens is 1. The van der Waals surface area contributed by atoms with Gasteiger partial charge in [0.15, 0.2) is 0 Å². The van der Waals surface area contributed by atoms with Crippen LogP contribution >= 0.6 is 21.6 Å². The zero-order valence-electron chi connectivity index (χ0n) is 30.2. The van der Waals surface area contributed by atoms with E-state index >= 15 is 0 Å². The van der Waals surface area contributed by atoms with Crippen molar-refractivity contribution in [2.45, 2.75) is 151 Å². The summed E-state index contributed by atoms with van der Waals surface area (Å²) in [5.74, 6) is 1.62. The third kappa shape index (κ3) is 6.01. The van der Waals surface area contributed by atoms with Gasteiger partial charge in [0.2, 0.25) is 5.91 Å². The molecule has 0 aromatic heterocycles. The molecular weight excluding hydrogens is 671 g/mol. The monoisotopic (exact) mass is 728 g/mol. The molecule has 276 valence electrons. The summed E-state index contributed by atoms with van der Waals surface area (Å²) in [5.41, 5.74) is 7.09. The zero-order chi connectivity index (χ0) is 34.8. The van der Waals surface area contributed by atoms with Crippen LogP contribution in [0.2, 0.25) is 0 Å². The van der Waals surface area contributed by atoms with Crippen LogP contribution < -0.4 is 11.1 Å². The molecule has 0 bridgehead atoms. The molecule has 0 aromatic carbocycles. The van der Waals surface area contributed by atoms with Gasteiger partial charge in [-0.05, 0) is 77.0 Å². The van der Waals surface area contributed by atoms with Gasteiger partial charge < -0.3 is 24.4 Å². The lowest BCUT2D eigenvalue weighted by atomic mass is 9.56. The number of nitrogens with two attached hydrogens (primary N) is 2. The topological polar surface area (TPSA) is 125 Å². The maximum atomic E-state index is 14.4. The largest absolute Gasteiger partial charge is 0.462 e. The summed E-state index contributed by atoms with van der Waals surface area (Å²) in [6.45, 7) is 7.49. The molecule has 9 nitrogen and oxygen atoms in total. The van der Waals surface area contributed by atoms with E-state index in [1.807, 2.05) is 30.7 Å². The molecule has 2 spiro atoms. The maximum Gasteiger partial charge on any atom is 0.334 e. The minimum Gasteiger partial charge on any atom is -0.462 e. The molecule has 2 saturated carbocycles. The van der Waals surface area contributed by atoms with E-state index in [0.717, 1.165) is 50.9 Å². The Labute approximate surface area is 305 Å². The first-order valence-electron chi connectivity index (χ1n) is 19.7. The summed E-state index contributed by atoms with van der Waals surface area (Å²) in [4.78, 5) is 42.7. The Hall–Kier alpha value is -1.53. The Balaban J connectivity index is 1.21. The first-order chi connectivity index (χ1) is 24.0. The highest BCUT2D eigenvalue weighted by Crippen LogP contribution is 2.62. The van der Waals surface area contributed by atoms with E-state index in [-0.39, 0.29) is 58.7 Å². The highest BCUT2D eigenvalue weighted by Gasteiger charge is 2.68. The van der Waals surface area contributed by atoms with E-state index < -0.39 is 11.2 Å². The van der Waals surface area contributed by atoms with Crippen molar-refractivity contribution in [1.29, 1.82) is 0 Å². The third-order valence-electron chi connectivity index (χ3n) is 14.5. The van der Waals surface area contributed by atoms with Crippen molar-refractivity contribution in [2.75, 3.05) is 18.8 Å². The summed E-state index contributed by atoms with van der Waals surface area (Å²) in [5, 5.41) is 2.24. The molecule has 8 aliphatic rings. The quantitative estimate of drug-likeness (QED) is 0.174. The minimum absolute atomic E-state index is 0.0466. The molecule has 1 amide bonds. The Kier molecular flexibility index (Phi) is 9.73. The molecule has 3 aliphatic carbocycles. The lowest BCUT2D eigenvalue weighted by Gasteiger charge is -2.57. The zero-order valence-corrected chi connectivity index (χ0v) is 31.9. The van der Waals surface area contributed by atoms with E-state index in [0.29, 0.717) is 49.1 Å². The van der Waals surface area contributed by atoms with Gasteiger partial charge in [0.05, 0.1) is 12.6 Å². The van der Waals surface area contributed by atoms with Gasteiger partial charge in [-0.25, -0.2) is 4.79 Å². The smallest absolute Gasteiger partial charge is 0.334 e. The fourth-order valence-electron chi connectivity index (χ4n) is 11.6. The summed E-state index contributed by atoms with van der Waals surface area (Å²) in [6, 6.07) is 0.333. The number of esters is 2. The number of fused-ring (bicyclic) bond motifs is 8. The molecular formula is C39H58N3O6S2+. The average Bonchev–Trinajstić information content (AvgIpc) is 3.44. The second kappa shape index (κ2) is 13.7. The number of amides is 1. The molecule has 4 N–H and O–H groups in total. The van der Waals surface area contributed by atoms with Crippen molar-refractivity contribution in [3.05, 3.63) is 23.3 Å². The van der Waals surface area contributed by atoms with Crippen LogP contribution in [0.5, 0.6) is 0 Å². The summed E-state index contributed by atoms with van der Waals surface area (Å²) < 4.78 is 20.3. The average molecular weight is 729 g/mol. The normalized spacial score (nSPS) is 44.6. The maximum absolute atomic E-state index is 14.4. The Morgan fingerprint density at radius 3 is 2.68 bits per heavy atom. The van der Waals surface area contributed by atoms with E-state index in [1.165, 1.54) is 37.7 Å². The molecule has 0 radical (unpaired) electrons. The van der Waals surface area contributed by atoms with E-state index in [9.17, 15) is 14.4 Å². The van der Waals surface area contributed by atoms with Gasteiger partial charge in [0.25, 0.3) is 0 Å². The number of hydrogen-bond acceptors (Lipinski definition) is 9. The van der Waals surface area contributed by atoms with Crippen LogP contribution in [0.15, 0.2) is 23.3 Å². The van der Waals surface area contributed by atoms with Crippen molar-refractivity contribution in [2.24, 2.45) is 35.3 Å². The Morgan fingerprint density at radius 2 is 1.92 bits per heavy atom. The molecule has 5 saturated heterocycles. The van der Waals surface area contributed by atoms with Gasteiger partial charge in [-0.15, -0.1) is 0 Å². The van der Waals surface area contributed by atoms with Crippen LogP contribution in [0.4, 0.5) is 0 Å². The van der Waals surface area contributed by atoms with Gasteiger partial charge in [-0.1, -0.05) is 58.6 Å². The molecule has 11 heteroatoms. The van der Waals surface area contributed by atoms with Crippen LogP contribution in [0, 0.1) is 29.6 Å². The van der Waals surface area contributed by atoms with Crippen LogP contribution in [0.3, 0.4) is 0 Å². The molecule has 7 unspecified atom stereocenters. The Morgan fingerprint density at radius 1 is 1.10 bits per heavy atom. The SMILES string of the molecule is CC=C(C)C(=O)O[C@@]1(C)CC=C2CSSC3(CCCCC3)[C@@H]3CCN3C(=O)CC3C[NH2+]C(N)CC3[C@@H]2[C@@]12CC1CC3CCC(=O)OC3CC1O2. The third-order valence-corrected chi connectivity index (χ3v) is 17.8. The number of ether oxygens (including phenoxy) is 3. The molecule has 7 fully saturated rings. The number of piperidine rings is 1. The standard InChI is InChI=1S/C39H57N3O6S2/c1-4-23(2)36(45)48-37(3)14-10-25-22-49-50-38(12-6-5-7-13-38)31-11-15-42(31)33(43)17-27-21-41-32(40)18-28(27)35(25)39(37)20-26-16-24-8-9-34(44)46-29(24)19-30(26)47-39/h4,10,24,26-32,35,41H,5-9,11-22,40H2,1-3H3/p+1/t24?,26?,27?,28?,29?,30?,31-,32?,35+,37-,39-/m0/s1. The number of nitrogens with zero attached hydrogens (tertiary/aromatic N) is 1. The van der Waals surface area contributed by atoms with Crippen LogP contribution in [-0.2, 0) is 28.6 Å². The molecule has 0 aromatic rings. The van der Waals surface area contributed by atoms with Crippen molar-refractivity contribution in [1.82, 2.24) is 4.90 Å². The first kappa shape index (κ1) is 35.5. The number of hydrogen-bond donors (Lipinski definition) is 2. The van der Waals surface area contributed by atoms with Crippen molar-refractivity contribution in [3.63, 3.8) is 0 Å². The lowest BCUT2D eigenvalue weighted by molar-refractivity contribution is -0.706. The number of carbonyl (C=O) groups excluding carboxylic acids is 3. The molecule has 8 rings (SSSR count). The molecule has 50 heavy (non-hydrogen) atoms. The summed E-state index contributed by atoms with van der Waals surface area (Å²) >= 11 is 0. The highest BCUT2D eigenvalue weighted by molar-refractivity contribution is 8.77. The second-order valence-electron chi connectivity index (χ2n) is 17.2. The van der Waals surface area contributed by atoms with Crippen molar-refractivity contribution in [3.8, 4) is 0 Å². The molecule has 5 aliphatic heterocycles. The van der Waals surface area contributed by atoms with Crippen LogP contribution in [0.1, 0.15) is 111 Å². The summed E-state index contributed by atoms with van der Waals surface area (Å²) in [6.07, 6.45) is 16.9. The molecule has 11 atom stereocenters. The van der Waals surface area contributed by atoms with E-state index in [1.54, 1.807) is 0 Å². The highest BCUT2D eigenvalue weighted by atomic mass is 33.1. The van der Waals surface area contributed by atoms with Gasteiger partial charge >= 0.3 is 11.9 Å². The van der Waals surface area contributed by atoms with Crippen molar-refractivity contribution < 1.29 is 33.9 Å². The lowest BCUT2D eigenvalue weighted by Crippen LogP contribution is -2.96. The number of carbonyl (C=O) groups is 3. The summed E-state index contributed by atoms with van der Waals surface area (Å²) in [7, 11) is 4.05. The fraction of sp³-hybridized carbons (Fsp3) is 0.821. The molecule has 5 heterocycles. The number of allylic oxidation sites excluding steroid dienone is 1. The predicted octanol–water partition coefficient (Wildman–Crippen LogP) is 5.03. The predicted molar refractivity (Wildman–Crippen MR) is 195 cm³/mol. The van der Waals surface area contributed by atoms with E-state index in [2.05, 4.69) is 34.0 Å². The number of rotatable bonds is 2. The first-order valence-corrected chi connectivity index (χ1v) is 22.0. The van der Waals surface area contributed by atoms with Crippen LogP contribution in [-0.4, -0.2) is 82.0 Å². The Bertz CT molecular complexity index is 1430. The fourth-order valence-corrected chi connectivity index (χ4v) is 15.3. The van der Waals surface area contributed by atoms with Gasteiger partial charge in [0, 0.05) is 72.6 Å². The minimum atomic E-state index is -0.913. The second-order valence-corrected chi connectivity index (χ2v) is 19.9. The van der Waals surface area contributed by atoms with Crippen molar-refractivity contribution >= 4 is 39.4 Å². The van der Waals surface area contributed by atoms with Crippen LogP contribution in [0.25, 0.3) is 0 Å².